The second kappa shape index (κ2) is 8.84. The first kappa shape index (κ1) is 20.0. The number of hydrogen-bond acceptors (Lipinski definition) is 6. The maximum atomic E-state index is 12.6. The molecule has 2 rings (SSSR count). The number of methoxy groups -OCH3 is 2. The summed E-state index contributed by atoms with van der Waals surface area (Å²) >= 11 is 1.32. The van der Waals surface area contributed by atoms with E-state index in [0.717, 1.165) is 16.1 Å². The molecule has 0 aliphatic carbocycles. The molecule has 0 aliphatic heterocycles. The zero-order chi connectivity index (χ0) is 19.3. The summed E-state index contributed by atoms with van der Waals surface area (Å²) in [6.45, 7) is 6.50. The second-order valence-corrected chi connectivity index (χ2v) is 7.13. The van der Waals surface area contributed by atoms with Crippen LogP contribution in [0.25, 0.3) is 0 Å². The van der Waals surface area contributed by atoms with Crippen molar-refractivity contribution < 1.29 is 14.3 Å². The number of carbonyl (C=O) groups is 1. The predicted octanol–water partition coefficient (Wildman–Crippen LogP) is 3.58. The van der Waals surface area contributed by atoms with E-state index in [1.54, 1.807) is 26.2 Å². The smallest absolute Gasteiger partial charge is 0.317 e. The Bertz CT molecular complexity index is 748. The van der Waals surface area contributed by atoms with E-state index in [1.165, 1.54) is 11.5 Å². The summed E-state index contributed by atoms with van der Waals surface area (Å²) in [6, 6.07) is 5.25. The fourth-order valence-electron chi connectivity index (χ4n) is 2.61. The number of benzene rings is 1. The molecule has 7 nitrogen and oxygen atoms in total. The Kier molecular flexibility index (Phi) is 6.79. The minimum Gasteiger partial charge on any atom is -0.497 e. The number of ether oxygens (including phenoxy) is 2. The normalized spacial score (nSPS) is 12.0. The van der Waals surface area contributed by atoms with Crippen molar-refractivity contribution in [1.29, 1.82) is 0 Å². The van der Waals surface area contributed by atoms with Gasteiger partial charge in [0.05, 0.1) is 37.4 Å². The molecular formula is C18H26N4O3S. The molecule has 2 aromatic rings. The van der Waals surface area contributed by atoms with Crippen molar-refractivity contribution in [3.05, 3.63) is 34.3 Å². The topological polar surface area (TPSA) is 76.6 Å². The number of nitrogens with one attached hydrogen (secondary N) is 1. The van der Waals surface area contributed by atoms with E-state index >= 15 is 0 Å². The van der Waals surface area contributed by atoms with Gasteiger partial charge in [-0.15, -0.1) is 5.10 Å². The fraction of sp³-hybridized carbons (Fsp3) is 0.500. The van der Waals surface area contributed by atoms with E-state index < -0.39 is 0 Å². The lowest BCUT2D eigenvalue weighted by Crippen LogP contribution is -2.38. The van der Waals surface area contributed by atoms with E-state index in [4.69, 9.17) is 9.47 Å². The third-order valence-corrected chi connectivity index (χ3v) is 5.06. The molecule has 0 bridgehead atoms. The first-order valence-corrected chi connectivity index (χ1v) is 9.20. The molecule has 0 saturated heterocycles. The highest BCUT2D eigenvalue weighted by molar-refractivity contribution is 7.05. The molecular weight excluding hydrogens is 352 g/mol. The van der Waals surface area contributed by atoms with E-state index in [1.807, 2.05) is 25.1 Å². The Labute approximate surface area is 158 Å². The largest absolute Gasteiger partial charge is 0.497 e. The molecule has 1 N–H and O–H groups in total. The SMILES string of the molecule is COc1ccc([C@H](C)N(C)C(=O)NCc2snnc2C(C)C)c(OC)c1. The Morgan fingerprint density at radius 2 is 2.00 bits per heavy atom. The maximum absolute atomic E-state index is 12.6. The van der Waals surface area contributed by atoms with Gasteiger partial charge < -0.3 is 19.7 Å². The fourth-order valence-corrected chi connectivity index (χ4v) is 3.34. The predicted molar refractivity (Wildman–Crippen MR) is 102 cm³/mol. The summed E-state index contributed by atoms with van der Waals surface area (Å²) in [5.74, 6) is 1.68. The van der Waals surface area contributed by atoms with Crippen molar-refractivity contribution in [2.75, 3.05) is 21.3 Å². The third kappa shape index (κ3) is 4.43. The van der Waals surface area contributed by atoms with Crippen molar-refractivity contribution in [1.82, 2.24) is 19.8 Å². The van der Waals surface area contributed by atoms with E-state index in [0.29, 0.717) is 18.0 Å². The van der Waals surface area contributed by atoms with Gasteiger partial charge in [-0.1, -0.05) is 18.3 Å². The number of amides is 2. The molecule has 1 aromatic carbocycles. The molecule has 8 heteroatoms. The van der Waals surface area contributed by atoms with Crippen LogP contribution < -0.4 is 14.8 Å². The van der Waals surface area contributed by atoms with E-state index in [2.05, 4.69) is 28.8 Å². The molecule has 26 heavy (non-hydrogen) atoms. The average Bonchev–Trinajstić information content (AvgIpc) is 3.13. The van der Waals surface area contributed by atoms with Crippen molar-refractivity contribution in [2.24, 2.45) is 0 Å². The van der Waals surface area contributed by atoms with Crippen LogP contribution in [-0.4, -0.2) is 41.8 Å². The summed E-state index contributed by atoms with van der Waals surface area (Å²) in [4.78, 5) is 15.2. The molecule has 0 fully saturated rings. The van der Waals surface area contributed by atoms with Crippen molar-refractivity contribution in [3.63, 3.8) is 0 Å². The highest BCUT2D eigenvalue weighted by Crippen LogP contribution is 2.32. The molecule has 0 aliphatic rings. The number of aromatic nitrogens is 2. The van der Waals surface area contributed by atoms with Crippen LogP contribution in [0.4, 0.5) is 4.79 Å². The van der Waals surface area contributed by atoms with Crippen molar-refractivity contribution in [3.8, 4) is 11.5 Å². The van der Waals surface area contributed by atoms with Gasteiger partial charge >= 0.3 is 6.03 Å². The van der Waals surface area contributed by atoms with Gasteiger partial charge in [-0.05, 0) is 36.5 Å². The van der Waals surface area contributed by atoms with Crippen LogP contribution in [0, 0.1) is 0 Å². The molecule has 1 aromatic heterocycles. The molecule has 1 heterocycles. The Morgan fingerprint density at radius 3 is 2.62 bits per heavy atom. The minimum absolute atomic E-state index is 0.167. The van der Waals surface area contributed by atoms with Crippen LogP contribution in [0.2, 0.25) is 0 Å². The lowest BCUT2D eigenvalue weighted by Gasteiger charge is -2.27. The van der Waals surface area contributed by atoms with Crippen LogP contribution in [-0.2, 0) is 6.54 Å². The van der Waals surface area contributed by atoms with Gasteiger partial charge in [0.25, 0.3) is 0 Å². The molecule has 2 amide bonds. The van der Waals surface area contributed by atoms with Crippen LogP contribution in [0.5, 0.6) is 11.5 Å². The highest BCUT2D eigenvalue weighted by Gasteiger charge is 2.21. The van der Waals surface area contributed by atoms with Gasteiger partial charge in [-0.2, -0.15) is 0 Å². The van der Waals surface area contributed by atoms with Crippen molar-refractivity contribution >= 4 is 17.6 Å². The number of rotatable bonds is 7. The lowest BCUT2D eigenvalue weighted by molar-refractivity contribution is 0.193. The summed E-state index contributed by atoms with van der Waals surface area (Å²) in [6.07, 6.45) is 0. The second-order valence-electron chi connectivity index (χ2n) is 6.29. The monoisotopic (exact) mass is 378 g/mol. The zero-order valence-electron chi connectivity index (χ0n) is 16.1. The number of nitrogens with zero attached hydrogens (tertiary/aromatic N) is 3. The van der Waals surface area contributed by atoms with Gasteiger partial charge in [0.1, 0.15) is 11.5 Å². The van der Waals surface area contributed by atoms with Crippen LogP contribution in [0.1, 0.15) is 48.9 Å². The summed E-state index contributed by atoms with van der Waals surface area (Å²) in [7, 11) is 4.98. The van der Waals surface area contributed by atoms with Crippen LogP contribution >= 0.6 is 11.5 Å². The van der Waals surface area contributed by atoms with Gasteiger partial charge in [-0.3, -0.25) is 0 Å². The van der Waals surface area contributed by atoms with Crippen LogP contribution in [0.15, 0.2) is 18.2 Å². The highest BCUT2D eigenvalue weighted by atomic mass is 32.1. The van der Waals surface area contributed by atoms with Gasteiger partial charge in [0, 0.05) is 18.7 Å². The molecule has 0 radical (unpaired) electrons. The third-order valence-electron chi connectivity index (χ3n) is 4.32. The Morgan fingerprint density at radius 1 is 1.27 bits per heavy atom. The molecule has 0 saturated carbocycles. The maximum Gasteiger partial charge on any atom is 0.317 e. The molecule has 0 spiro atoms. The van der Waals surface area contributed by atoms with E-state index in [9.17, 15) is 4.79 Å². The van der Waals surface area contributed by atoms with E-state index in [-0.39, 0.29) is 18.0 Å². The first-order chi connectivity index (χ1) is 12.4. The summed E-state index contributed by atoms with van der Waals surface area (Å²) in [5.41, 5.74) is 1.84. The first-order valence-electron chi connectivity index (χ1n) is 8.42. The molecule has 1 atom stereocenters. The lowest BCUT2D eigenvalue weighted by atomic mass is 10.1. The number of hydrogen-bond donors (Lipinski definition) is 1. The Hall–Kier alpha value is -2.35. The average molecular weight is 378 g/mol. The standard InChI is InChI=1S/C18H26N4O3S/c1-11(2)17-16(26-21-20-17)10-19-18(23)22(4)12(3)14-8-7-13(24-5)9-15(14)25-6/h7-9,11-12H,10H2,1-6H3,(H,19,23)/t12-/m0/s1. The summed E-state index contributed by atoms with van der Waals surface area (Å²) in [5, 5.41) is 7.08. The zero-order valence-corrected chi connectivity index (χ0v) is 16.9. The van der Waals surface area contributed by atoms with Gasteiger partial charge in [0.15, 0.2) is 0 Å². The Balaban J connectivity index is 2.06. The number of urea groups is 1. The molecule has 0 unspecified atom stereocenters. The molecule has 142 valence electrons. The van der Waals surface area contributed by atoms with Crippen molar-refractivity contribution in [2.45, 2.75) is 39.3 Å². The number of carbonyl (C=O) groups excluding carboxylic acids is 1. The van der Waals surface area contributed by atoms with Crippen LogP contribution in [0.3, 0.4) is 0 Å². The van der Waals surface area contributed by atoms with Gasteiger partial charge in [-0.25, -0.2) is 4.79 Å². The summed E-state index contributed by atoms with van der Waals surface area (Å²) < 4.78 is 14.7. The minimum atomic E-state index is -0.168. The quantitative estimate of drug-likeness (QED) is 0.797. The van der Waals surface area contributed by atoms with Gasteiger partial charge in [0.2, 0.25) is 0 Å².